The number of nitrogens with one attached hydrogen (secondary N) is 2. The fourth-order valence-corrected chi connectivity index (χ4v) is 3.03. The third-order valence-electron chi connectivity index (χ3n) is 4.08. The first-order valence-electron chi connectivity index (χ1n) is 8.25. The lowest BCUT2D eigenvalue weighted by Crippen LogP contribution is -2.30. The molecule has 0 radical (unpaired) electrons. The van der Waals surface area contributed by atoms with Crippen molar-refractivity contribution in [3.8, 4) is 0 Å². The van der Waals surface area contributed by atoms with E-state index in [4.69, 9.17) is 4.74 Å². The van der Waals surface area contributed by atoms with Gasteiger partial charge < -0.3 is 15.0 Å². The van der Waals surface area contributed by atoms with Gasteiger partial charge in [-0.3, -0.25) is 9.59 Å². The summed E-state index contributed by atoms with van der Waals surface area (Å²) in [5.41, 5.74) is 1.91. The van der Waals surface area contributed by atoms with E-state index >= 15 is 0 Å². The molecule has 0 spiro atoms. The molecule has 1 aromatic heterocycles. The van der Waals surface area contributed by atoms with Crippen molar-refractivity contribution in [1.82, 2.24) is 4.98 Å². The van der Waals surface area contributed by atoms with Crippen LogP contribution in [0.2, 0.25) is 0 Å². The molecule has 3 rings (SSSR count). The maximum Gasteiger partial charge on any atom is 0.341 e. The number of Topliss-reactive ketones (excluding diaryl/α,β-unsaturated/α-hetero) is 1. The number of halogens is 1. The Hall–Kier alpha value is -2.93. The van der Waals surface area contributed by atoms with Crippen molar-refractivity contribution in [2.24, 2.45) is 0 Å². The third-order valence-corrected chi connectivity index (χ3v) is 4.57. The molecule has 0 aliphatic heterocycles. The molecule has 0 saturated carbocycles. The van der Waals surface area contributed by atoms with Gasteiger partial charge in [0.15, 0.2) is 11.9 Å². The Morgan fingerprint density at radius 1 is 1.11 bits per heavy atom. The highest BCUT2D eigenvalue weighted by Gasteiger charge is 2.22. The zero-order valence-corrected chi connectivity index (χ0v) is 16.3. The number of rotatable bonds is 5. The molecule has 2 aromatic carbocycles. The van der Waals surface area contributed by atoms with Gasteiger partial charge in [0.1, 0.15) is 0 Å². The quantitative estimate of drug-likeness (QED) is 0.467. The highest BCUT2D eigenvalue weighted by Crippen LogP contribution is 2.24. The van der Waals surface area contributed by atoms with Crippen molar-refractivity contribution in [2.75, 3.05) is 5.32 Å². The molecule has 0 fully saturated rings. The van der Waals surface area contributed by atoms with Gasteiger partial charge in [-0.25, -0.2) is 4.79 Å². The van der Waals surface area contributed by atoms with E-state index in [1.54, 1.807) is 36.5 Å². The van der Waals surface area contributed by atoms with Crippen LogP contribution in [0.4, 0.5) is 5.69 Å². The third kappa shape index (κ3) is 4.09. The molecule has 1 amide bonds. The molecule has 1 atom stereocenters. The van der Waals surface area contributed by atoms with Crippen LogP contribution in [-0.2, 0) is 9.53 Å². The van der Waals surface area contributed by atoms with Gasteiger partial charge in [-0.15, -0.1) is 0 Å². The number of aromatic amines is 1. The summed E-state index contributed by atoms with van der Waals surface area (Å²) in [6.07, 6.45) is 0.518. The van der Waals surface area contributed by atoms with E-state index in [0.717, 1.165) is 9.99 Å². The minimum Gasteiger partial charge on any atom is -0.449 e. The van der Waals surface area contributed by atoms with Gasteiger partial charge in [0.05, 0.1) is 11.3 Å². The van der Waals surface area contributed by atoms with E-state index in [-0.39, 0.29) is 5.78 Å². The zero-order chi connectivity index (χ0) is 19.6. The van der Waals surface area contributed by atoms with Gasteiger partial charge in [0, 0.05) is 27.1 Å². The summed E-state index contributed by atoms with van der Waals surface area (Å²) in [5, 5.41) is 3.33. The fourth-order valence-electron chi connectivity index (χ4n) is 2.67. The summed E-state index contributed by atoms with van der Waals surface area (Å²) in [7, 11) is 0. The van der Waals surface area contributed by atoms with Crippen molar-refractivity contribution in [1.29, 1.82) is 0 Å². The maximum absolute atomic E-state index is 12.5. The number of hydrogen-bond acceptors (Lipinski definition) is 4. The largest absolute Gasteiger partial charge is 0.449 e. The summed E-state index contributed by atoms with van der Waals surface area (Å²) in [4.78, 5) is 39.5. The summed E-state index contributed by atoms with van der Waals surface area (Å²) >= 11 is 3.37. The predicted octanol–water partition coefficient (Wildman–Crippen LogP) is 4.32. The highest BCUT2D eigenvalue weighted by molar-refractivity contribution is 9.10. The van der Waals surface area contributed by atoms with Crippen LogP contribution in [-0.4, -0.2) is 28.7 Å². The molecule has 3 aromatic rings. The second kappa shape index (κ2) is 7.75. The second-order valence-corrected chi connectivity index (χ2v) is 6.95. The van der Waals surface area contributed by atoms with Crippen LogP contribution >= 0.6 is 15.9 Å². The molecule has 1 heterocycles. The van der Waals surface area contributed by atoms with Crippen LogP contribution in [0, 0.1) is 0 Å². The number of esters is 1. The lowest BCUT2D eigenvalue weighted by molar-refractivity contribution is -0.123. The number of H-pyrrole nitrogens is 1. The number of carbonyl (C=O) groups excluding carboxylic acids is 3. The standard InChI is InChI=1S/C20H17BrN2O4/c1-11(24)14-5-3-4-6-18(14)23-19(25)12(2)27-20(26)16-10-22-17-8-7-13(21)9-15(16)17/h3-10,12,22H,1-2H3,(H,23,25). The monoisotopic (exact) mass is 428 g/mol. The Morgan fingerprint density at radius 3 is 2.59 bits per heavy atom. The van der Waals surface area contributed by atoms with E-state index in [0.29, 0.717) is 22.2 Å². The second-order valence-electron chi connectivity index (χ2n) is 6.03. The fraction of sp³-hybridized carbons (Fsp3) is 0.150. The topological polar surface area (TPSA) is 88.3 Å². The van der Waals surface area contributed by atoms with Crippen molar-refractivity contribution < 1.29 is 19.1 Å². The number of para-hydroxylation sites is 1. The Balaban J connectivity index is 1.73. The first kappa shape index (κ1) is 18.8. The SMILES string of the molecule is CC(=O)c1ccccc1NC(=O)C(C)OC(=O)c1c[nH]c2ccc(Br)cc12. The Labute approximate surface area is 164 Å². The van der Waals surface area contributed by atoms with Crippen LogP contribution in [0.3, 0.4) is 0 Å². The normalized spacial score (nSPS) is 11.8. The lowest BCUT2D eigenvalue weighted by Gasteiger charge is -2.14. The molecular formula is C20H17BrN2O4. The first-order chi connectivity index (χ1) is 12.9. The number of aromatic nitrogens is 1. The summed E-state index contributed by atoms with van der Waals surface area (Å²) < 4.78 is 6.13. The minimum absolute atomic E-state index is 0.167. The molecule has 2 N–H and O–H groups in total. The zero-order valence-electron chi connectivity index (χ0n) is 14.7. The molecule has 27 heavy (non-hydrogen) atoms. The molecule has 1 unspecified atom stereocenters. The highest BCUT2D eigenvalue weighted by atomic mass is 79.9. The van der Waals surface area contributed by atoms with E-state index in [1.807, 2.05) is 12.1 Å². The lowest BCUT2D eigenvalue weighted by atomic mass is 10.1. The van der Waals surface area contributed by atoms with Crippen LogP contribution in [0.25, 0.3) is 10.9 Å². The average molecular weight is 429 g/mol. The number of carbonyl (C=O) groups is 3. The minimum atomic E-state index is -1.03. The molecule has 138 valence electrons. The van der Waals surface area contributed by atoms with Gasteiger partial charge >= 0.3 is 5.97 Å². The number of ketones is 1. The predicted molar refractivity (Wildman–Crippen MR) is 106 cm³/mol. The molecule has 7 heteroatoms. The number of benzene rings is 2. The Kier molecular flexibility index (Phi) is 5.41. The number of anilines is 1. The van der Waals surface area contributed by atoms with Gasteiger partial charge in [0.25, 0.3) is 5.91 Å². The van der Waals surface area contributed by atoms with Crippen molar-refractivity contribution in [2.45, 2.75) is 20.0 Å². The molecule has 6 nitrogen and oxygen atoms in total. The molecule has 0 saturated heterocycles. The maximum atomic E-state index is 12.5. The van der Waals surface area contributed by atoms with Crippen molar-refractivity contribution in [3.63, 3.8) is 0 Å². The summed E-state index contributed by atoms with van der Waals surface area (Å²) in [6.45, 7) is 2.90. The van der Waals surface area contributed by atoms with Crippen molar-refractivity contribution >= 4 is 50.2 Å². The summed E-state index contributed by atoms with van der Waals surface area (Å²) in [5.74, 6) is -1.29. The van der Waals surface area contributed by atoms with E-state index in [9.17, 15) is 14.4 Å². The van der Waals surface area contributed by atoms with E-state index in [2.05, 4.69) is 26.2 Å². The van der Waals surface area contributed by atoms with E-state index < -0.39 is 18.0 Å². The molecule has 0 bridgehead atoms. The van der Waals surface area contributed by atoms with Crippen LogP contribution in [0.15, 0.2) is 53.1 Å². The number of fused-ring (bicyclic) bond motifs is 1. The van der Waals surface area contributed by atoms with E-state index in [1.165, 1.54) is 13.8 Å². The Morgan fingerprint density at radius 2 is 1.85 bits per heavy atom. The van der Waals surface area contributed by atoms with Crippen LogP contribution < -0.4 is 5.32 Å². The summed E-state index contributed by atoms with van der Waals surface area (Å²) in [6, 6.07) is 12.2. The average Bonchev–Trinajstić information content (AvgIpc) is 3.04. The Bertz CT molecular complexity index is 1040. The van der Waals surface area contributed by atoms with Gasteiger partial charge in [-0.05, 0) is 44.2 Å². The van der Waals surface area contributed by atoms with Crippen molar-refractivity contribution in [3.05, 3.63) is 64.3 Å². The van der Waals surface area contributed by atoms with Gasteiger partial charge in [0.2, 0.25) is 0 Å². The smallest absolute Gasteiger partial charge is 0.341 e. The number of amides is 1. The molecule has 0 aliphatic rings. The van der Waals surface area contributed by atoms with Gasteiger partial charge in [-0.1, -0.05) is 28.1 Å². The number of ether oxygens (including phenoxy) is 1. The molecule has 0 aliphatic carbocycles. The van der Waals surface area contributed by atoms with Crippen LogP contribution in [0.1, 0.15) is 34.6 Å². The molecular weight excluding hydrogens is 412 g/mol. The first-order valence-corrected chi connectivity index (χ1v) is 9.04. The van der Waals surface area contributed by atoms with Gasteiger partial charge in [-0.2, -0.15) is 0 Å². The number of hydrogen-bond donors (Lipinski definition) is 2. The van der Waals surface area contributed by atoms with Crippen LogP contribution in [0.5, 0.6) is 0 Å².